The van der Waals surface area contributed by atoms with Crippen LogP contribution in [0.1, 0.15) is 10.4 Å². The van der Waals surface area contributed by atoms with Crippen molar-refractivity contribution in [1.29, 1.82) is 0 Å². The molecular formula is C13H13N3O4. The van der Waals surface area contributed by atoms with Gasteiger partial charge in [-0.25, -0.2) is 0 Å². The fourth-order valence-corrected chi connectivity index (χ4v) is 1.75. The van der Waals surface area contributed by atoms with Crippen LogP contribution in [-0.2, 0) is 9.59 Å². The summed E-state index contributed by atoms with van der Waals surface area (Å²) in [5.74, 6) is -2.09. The van der Waals surface area contributed by atoms with Crippen LogP contribution in [0.25, 0.3) is 10.9 Å². The van der Waals surface area contributed by atoms with Crippen LogP contribution in [0.4, 0.5) is 0 Å². The second kappa shape index (κ2) is 5.87. The Kier molecular flexibility index (Phi) is 3.99. The molecule has 0 spiro atoms. The Balaban J connectivity index is 1.95. The van der Waals surface area contributed by atoms with Crippen LogP contribution in [0, 0.1) is 0 Å². The molecule has 1 aromatic carbocycles. The van der Waals surface area contributed by atoms with E-state index in [4.69, 9.17) is 5.11 Å². The normalized spacial score (nSPS) is 10.2. The van der Waals surface area contributed by atoms with Crippen molar-refractivity contribution >= 4 is 28.7 Å². The number of aromatic amines is 1. The average molecular weight is 275 g/mol. The number of benzene rings is 1. The van der Waals surface area contributed by atoms with Gasteiger partial charge in [0.15, 0.2) is 0 Å². The topological polar surface area (TPSA) is 111 Å². The lowest BCUT2D eigenvalue weighted by molar-refractivity contribution is -0.137. The van der Waals surface area contributed by atoms with Crippen molar-refractivity contribution in [2.24, 2.45) is 0 Å². The molecule has 2 amide bonds. The molecule has 0 fully saturated rings. The highest BCUT2D eigenvalue weighted by Crippen LogP contribution is 2.17. The molecular weight excluding hydrogens is 262 g/mol. The summed E-state index contributed by atoms with van der Waals surface area (Å²) in [5.41, 5.74) is 1.26. The molecule has 0 unspecified atom stereocenters. The van der Waals surface area contributed by atoms with Crippen molar-refractivity contribution < 1.29 is 19.5 Å². The lowest BCUT2D eigenvalue weighted by Gasteiger charge is -2.04. The number of nitrogens with one attached hydrogen (secondary N) is 3. The number of carbonyl (C=O) groups is 3. The second-order valence-corrected chi connectivity index (χ2v) is 4.10. The third-order valence-corrected chi connectivity index (χ3v) is 2.68. The van der Waals surface area contributed by atoms with E-state index in [1.807, 2.05) is 18.2 Å². The predicted octanol–water partition coefficient (Wildman–Crippen LogP) is 0.0985. The minimum absolute atomic E-state index is 0.272. The maximum atomic E-state index is 11.9. The molecule has 0 saturated carbocycles. The minimum atomic E-state index is -1.14. The van der Waals surface area contributed by atoms with E-state index in [1.54, 1.807) is 12.3 Å². The molecule has 104 valence electrons. The molecule has 20 heavy (non-hydrogen) atoms. The molecule has 0 atom stereocenters. The molecule has 0 aliphatic carbocycles. The van der Waals surface area contributed by atoms with Gasteiger partial charge in [-0.1, -0.05) is 18.2 Å². The van der Waals surface area contributed by atoms with E-state index in [9.17, 15) is 14.4 Å². The highest BCUT2D eigenvalue weighted by molar-refractivity contribution is 6.07. The summed E-state index contributed by atoms with van der Waals surface area (Å²) in [4.78, 5) is 36.4. The number of para-hydroxylation sites is 1. The number of hydrogen-bond donors (Lipinski definition) is 4. The third kappa shape index (κ3) is 3.14. The molecule has 0 aliphatic rings. The van der Waals surface area contributed by atoms with Crippen molar-refractivity contribution in [2.75, 3.05) is 13.1 Å². The average Bonchev–Trinajstić information content (AvgIpc) is 2.86. The van der Waals surface area contributed by atoms with Crippen LogP contribution < -0.4 is 10.6 Å². The van der Waals surface area contributed by atoms with Gasteiger partial charge in [0.25, 0.3) is 5.91 Å². The maximum absolute atomic E-state index is 11.9. The van der Waals surface area contributed by atoms with Crippen molar-refractivity contribution in [3.63, 3.8) is 0 Å². The number of carbonyl (C=O) groups excluding carboxylic acids is 2. The van der Waals surface area contributed by atoms with Crippen molar-refractivity contribution in [1.82, 2.24) is 15.6 Å². The Labute approximate surface area is 114 Å². The number of aliphatic carboxylic acids is 1. The number of H-pyrrole nitrogens is 1. The Morgan fingerprint density at radius 1 is 1.10 bits per heavy atom. The number of amides is 2. The highest BCUT2D eigenvalue weighted by Gasteiger charge is 2.12. The monoisotopic (exact) mass is 275 g/mol. The molecule has 0 radical (unpaired) electrons. The van der Waals surface area contributed by atoms with Gasteiger partial charge < -0.3 is 20.7 Å². The second-order valence-electron chi connectivity index (χ2n) is 4.10. The van der Waals surface area contributed by atoms with Crippen LogP contribution in [0.3, 0.4) is 0 Å². The van der Waals surface area contributed by atoms with Crippen LogP contribution in [0.15, 0.2) is 30.5 Å². The number of aromatic nitrogens is 1. The molecule has 7 heteroatoms. The van der Waals surface area contributed by atoms with E-state index < -0.39 is 24.3 Å². The zero-order valence-electron chi connectivity index (χ0n) is 10.5. The first-order valence-corrected chi connectivity index (χ1v) is 5.90. The summed E-state index contributed by atoms with van der Waals surface area (Å²) in [6, 6.07) is 7.29. The zero-order chi connectivity index (χ0) is 14.5. The summed E-state index contributed by atoms with van der Waals surface area (Å²) in [6.45, 7) is -0.743. The lowest BCUT2D eigenvalue weighted by Crippen LogP contribution is -2.38. The van der Waals surface area contributed by atoms with Gasteiger partial charge >= 0.3 is 5.97 Å². The molecule has 1 heterocycles. The Morgan fingerprint density at radius 3 is 2.60 bits per heavy atom. The van der Waals surface area contributed by atoms with Gasteiger partial charge in [0.1, 0.15) is 6.54 Å². The molecule has 2 aromatic rings. The molecule has 0 bridgehead atoms. The Hall–Kier alpha value is -2.83. The molecule has 7 nitrogen and oxygen atoms in total. The van der Waals surface area contributed by atoms with Gasteiger partial charge in [-0.3, -0.25) is 14.4 Å². The van der Waals surface area contributed by atoms with Gasteiger partial charge in [-0.15, -0.1) is 0 Å². The first kappa shape index (κ1) is 13.6. The lowest BCUT2D eigenvalue weighted by atomic mass is 10.1. The maximum Gasteiger partial charge on any atom is 0.322 e. The van der Waals surface area contributed by atoms with Crippen molar-refractivity contribution in [3.8, 4) is 0 Å². The van der Waals surface area contributed by atoms with E-state index in [0.29, 0.717) is 5.56 Å². The first-order chi connectivity index (χ1) is 9.58. The summed E-state index contributed by atoms with van der Waals surface area (Å²) >= 11 is 0. The third-order valence-electron chi connectivity index (χ3n) is 2.68. The molecule has 2 rings (SSSR count). The quantitative estimate of drug-likeness (QED) is 0.620. The summed E-state index contributed by atoms with van der Waals surface area (Å²) in [6.07, 6.45) is 1.56. The zero-order valence-corrected chi connectivity index (χ0v) is 10.5. The van der Waals surface area contributed by atoms with Crippen LogP contribution >= 0.6 is 0 Å². The van der Waals surface area contributed by atoms with Crippen LogP contribution in [0.5, 0.6) is 0 Å². The van der Waals surface area contributed by atoms with Crippen LogP contribution in [-0.4, -0.2) is 41.0 Å². The van der Waals surface area contributed by atoms with E-state index >= 15 is 0 Å². The summed E-state index contributed by atoms with van der Waals surface area (Å²) < 4.78 is 0. The van der Waals surface area contributed by atoms with Gasteiger partial charge in [-0.05, 0) is 6.07 Å². The predicted molar refractivity (Wildman–Crippen MR) is 71.3 cm³/mol. The Morgan fingerprint density at radius 2 is 1.85 bits per heavy atom. The van der Waals surface area contributed by atoms with E-state index in [1.165, 1.54) is 0 Å². The number of fused-ring (bicyclic) bond motifs is 1. The standard InChI is InChI=1S/C13H13N3O4/c17-11(15-7-12(18)19)6-16-13(20)9-5-14-10-4-2-1-3-8(9)10/h1-5,14H,6-7H2,(H,15,17)(H,16,20)(H,18,19). The summed E-state index contributed by atoms with van der Waals surface area (Å²) in [7, 11) is 0. The van der Waals surface area contributed by atoms with E-state index in [0.717, 1.165) is 10.9 Å². The number of rotatable bonds is 5. The molecule has 0 saturated heterocycles. The Bertz CT molecular complexity index is 662. The van der Waals surface area contributed by atoms with Gasteiger partial charge in [0.2, 0.25) is 5.91 Å². The fourth-order valence-electron chi connectivity index (χ4n) is 1.75. The van der Waals surface area contributed by atoms with Crippen molar-refractivity contribution in [3.05, 3.63) is 36.0 Å². The number of carboxylic acids is 1. The fraction of sp³-hybridized carbons (Fsp3) is 0.154. The van der Waals surface area contributed by atoms with Crippen molar-refractivity contribution in [2.45, 2.75) is 0 Å². The highest BCUT2D eigenvalue weighted by atomic mass is 16.4. The molecule has 1 aromatic heterocycles. The van der Waals surface area contributed by atoms with E-state index in [2.05, 4.69) is 15.6 Å². The smallest absolute Gasteiger partial charge is 0.322 e. The van der Waals surface area contributed by atoms with E-state index in [-0.39, 0.29) is 6.54 Å². The molecule has 0 aliphatic heterocycles. The number of carboxylic acid groups (broad SMARTS) is 1. The SMILES string of the molecule is O=C(O)CNC(=O)CNC(=O)c1c[nH]c2ccccc12. The first-order valence-electron chi connectivity index (χ1n) is 5.90. The molecule has 4 N–H and O–H groups in total. The summed E-state index contributed by atoms with van der Waals surface area (Å²) in [5, 5.41) is 13.8. The van der Waals surface area contributed by atoms with Gasteiger partial charge in [-0.2, -0.15) is 0 Å². The van der Waals surface area contributed by atoms with Gasteiger partial charge in [0.05, 0.1) is 12.1 Å². The van der Waals surface area contributed by atoms with Gasteiger partial charge in [0, 0.05) is 17.1 Å². The number of hydrogen-bond acceptors (Lipinski definition) is 3. The largest absolute Gasteiger partial charge is 0.480 e. The van der Waals surface area contributed by atoms with Crippen LogP contribution in [0.2, 0.25) is 0 Å². The minimum Gasteiger partial charge on any atom is -0.480 e.